The number of benzene rings is 5. The molecule has 2 aliphatic heterocycles. The summed E-state index contributed by atoms with van der Waals surface area (Å²) in [6, 6.07) is 39.0. The van der Waals surface area contributed by atoms with E-state index >= 15 is 0 Å². The molecule has 9 rings (SSSR count). The fourth-order valence-corrected chi connectivity index (χ4v) is 12.9. The molecule has 0 saturated carbocycles. The Kier molecular flexibility index (Phi) is 5.72. The Morgan fingerprint density at radius 1 is 0.634 bits per heavy atom. The molecule has 0 radical (unpaired) electrons. The fraction of sp³-hybridized carbons (Fsp3) is 0.111. The minimum absolute atomic E-state index is 0.302. The molecule has 41 heavy (non-hydrogen) atoms. The monoisotopic (exact) mass is 677 g/mol. The average molecular weight is 676 g/mol. The van der Waals surface area contributed by atoms with Gasteiger partial charge in [-0.1, -0.05) is 0 Å². The second-order valence-electron chi connectivity index (χ2n) is 11.3. The number of hydrogen-bond acceptors (Lipinski definition) is 0. The molecule has 3 heterocycles. The Bertz CT molecular complexity index is 2030. The molecule has 0 saturated heterocycles. The van der Waals surface area contributed by atoms with Gasteiger partial charge in [-0.15, -0.1) is 0 Å². The summed E-state index contributed by atoms with van der Waals surface area (Å²) in [6.07, 6.45) is 4.94. The number of rotatable bonds is 2. The summed E-state index contributed by atoms with van der Waals surface area (Å²) in [5, 5.41) is 2.28. The predicted octanol–water partition coefficient (Wildman–Crippen LogP) is 3.28. The van der Waals surface area contributed by atoms with Crippen LogP contribution in [0.2, 0.25) is 5.02 Å². The quantitative estimate of drug-likeness (QED) is 0.248. The van der Waals surface area contributed by atoms with E-state index in [-0.39, 0.29) is 0 Å². The molecule has 0 amide bonds. The van der Waals surface area contributed by atoms with Gasteiger partial charge in [0.25, 0.3) is 0 Å². The Balaban J connectivity index is 1.12. The van der Waals surface area contributed by atoms with Crippen LogP contribution in [0.1, 0.15) is 24.1 Å². The zero-order chi connectivity index (χ0) is 27.1. The van der Waals surface area contributed by atoms with Gasteiger partial charge in [0.2, 0.25) is 0 Å². The minimum atomic E-state index is 0.302. The van der Waals surface area contributed by atoms with Crippen LogP contribution < -0.4 is 34.2 Å². The molecule has 196 valence electrons. The van der Waals surface area contributed by atoms with Crippen molar-refractivity contribution in [3.8, 4) is 16.8 Å². The topological polar surface area (TPSA) is 4.93 Å². The van der Waals surface area contributed by atoms with E-state index in [4.69, 9.17) is 11.6 Å². The van der Waals surface area contributed by atoms with Crippen LogP contribution in [-0.4, -0.2) is 41.2 Å². The van der Waals surface area contributed by atoms with Crippen molar-refractivity contribution in [3.63, 3.8) is 0 Å². The first-order valence-corrected chi connectivity index (χ1v) is 18.2. The van der Waals surface area contributed by atoms with Crippen LogP contribution in [-0.2, 0) is 12.8 Å². The summed E-state index contributed by atoms with van der Waals surface area (Å²) < 4.78 is 8.54. The van der Waals surface area contributed by atoms with Gasteiger partial charge in [0.15, 0.2) is 0 Å². The van der Waals surface area contributed by atoms with Gasteiger partial charge >= 0.3 is 260 Å². The van der Waals surface area contributed by atoms with E-state index in [0.29, 0.717) is 36.6 Å². The van der Waals surface area contributed by atoms with Crippen molar-refractivity contribution < 1.29 is 0 Å². The van der Waals surface area contributed by atoms with E-state index in [1.54, 1.807) is 15.5 Å². The number of fused-ring (bicyclic) bond motifs is 7. The van der Waals surface area contributed by atoms with Crippen LogP contribution in [0.5, 0.6) is 0 Å². The molecule has 5 aromatic carbocycles. The summed E-state index contributed by atoms with van der Waals surface area (Å²) in [6.45, 7) is 0.319. The van der Waals surface area contributed by atoms with Gasteiger partial charge in [-0.2, -0.15) is 0 Å². The molecule has 1 nitrogen and oxygen atoms in total. The van der Waals surface area contributed by atoms with Crippen LogP contribution in [0.3, 0.4) is 0 Å². The molecule has 0 unspecified atom stereocenters. The maximum absolute atomic E-state index is 6.45. The van der Waals surface area contributed by atoms with Crippen LogP contribution in [0.25, 0.3) is 27.7 Å². The number of nitrogens with zero attached hydrogens (tertiary/aromatic N) is 1. The molecule has 0 spiro atoms. The van der Waals surface area contributed by atoms with Crippen LogP contribution >= 0.6 is 11.6 Å². The number of aromatic nitrogens is 1. The van der Waals surface area contributed by atoms with Crippen LogP contribution in [0, 0.1) is 0 Å². The van der Waals surface area contributed by atoms with Gasteiger partial charge in [-0.3, -0.25) is 0 Å². The molecule has 3 aliphatic rings. The third-order valence-electron chi connectivity index (χ3n) is 9.00. The summed E-state index contributed by atoms with van der Waals surface area (Å²) in [4.78, 5) is 0. The van der Waals surface area contributed by atoms with Crippen molar-refractivity contribution in [3.05, 3.63) is 119 Å². The first kappa shape index (κ1) is 24.6. The SMILES string of the molecule is Clc1ccc2c(c1)[Se]c1cccc3c1B2c1ccc(-c2ccc(-n4c5c(c6ccccc64)CCCC5)cc2)cc1[Se]3. The molecular formula is C36H25BClNSe2. The Hall–Kier alpha value is -2.97. The molecule has 0 fully saturated rings. The van der Waals surface area contributed by atoms with Gasteiger partial charge in [0, 0.05) is 0 Å². The van der Waals surface area contributed by atoms with Crippen LogP contribution in [0.15, 0.2) is 103 Å². The summed E-state index contributed by atoms with van der Waals surface area (Å²) in [5.74, 6) is 0. The summed E-state index contributed by atoms with van der Waals surface area (Å²) >= 11 is 7.06. The second-order valence-corrected chi connectivity index (χ2v) is 16.3. The van der Waals surface area contributed by atoms with E-state index in [2.05, 4.69) is 108 Å². The van der Waals surface area contributed by atoms with Crippen molar-refractivity contribution in [2.45, 2.75) is 25.7 Å². The van der Waals surface area contributed by atoms with Crippen LogP contribution in [0.4, 0.5) is 0 Å². The molecule has 1 aromatic heterocycles. The average Bonchev–Trinajstić information content (AvgIpc) is 3.35. The maximum atomic E-state index is 6.45. The fourth-order valence-electron chi connectivity index (χ4n) is 7.17. The van der Waals surface area contributed by atoms with Crippen molar-refractivity contribution in [2.24, 2.45) is 0 Å². The van der Waals surface area contributed by atoms with E-state index in [9.17, 15) is 0 Å². The Morgan fingerprint density at radius 3 is 2.17 bits per heavy atom. The first-order valence-electron chi connectivity index (χ1n) is 14.4. The summed E-state index contributed by atoms with van der Waals surface area (Å²) in [7, 11) is 0. The van der Waals surface area contributed by atoms with Gasteiger partial charge in [0.05, 0.1) is 0 Å². The number of halogens is 1. The summed E-state index contributed by atoms with van der Waals surface area (Å²) in [5.41, 5.74) is 12.8. The molecule has 0 atom stereocenters. The van der Waals surface area contributed by atoms with E-state index in [0.717, 1.165) is 5.02 Å². The standard InChI is InChI=1S/C36H25BClNSe2/c38-24-15-19-29-35(21-24)41-33-11-5-10-32-36(33)37(29)28-18-14-23(20-34(28)40-32)22-12-16-25(17-13-22)39-30-8-3-1-6-26(30)27-7-2-4-9-31(27)39/h1,3,5-6,8,10-21H,2,4,7,9H2. The van der Waals surface area contributed by atoms with Gasteiger partial charge < -0.3 is 0 Å². The number of aryl methyl sites for hydroxylation is 1. The molecule has 6 aromatic rings. The van der Waals surface area contributed by atoms with Gasteiger partial charge in [-0.05, 0) is 0 Å². The predicted molar refractivity (Wildman–Crippen MR) is 178 cm³/mol. The number of para-hydroxylation sites is 1. The normalized spacial score (nSPS) is 14.8. The molecule has 0 bridgehead atoms. The van der Waals surface area contributed by atoms with Crippen molar-refractivity contribution in [2.75, 3.05) is 0 Å². The Labute approximate surface area is 258 Å². The number of hydrogen-bond donors (Lipinski definition) is 0. The second kappa shape index (κ2) is 9.53. The Morgan fingerprint density at radius 2 is 1.34 bits per heavy atom. The molecule has 5 heteroatoms. The van der Waals surface area contributed by atoms with Gasteiger partial charge in [0.1, 0.15) is 0 Å². The third-order valence-corrected chi connectivity index (χ3v) is 14.1. The third kappa shape index (κ3) is 3.82. The zero-order valence-electron chi connectivity index (χ0n) is 22.4. The van der Waals surface area contributed by atoms with E-state index < -0.39 is 0 Å². The van der Waals surface area contributed by atoms with Crippen molar-refractivity contribution in [1.82, 2.24) is 4.57 Å². The van der Waals surface area contributed by atoms with Crippen molar-refractivity contribution in [1.29, 1.82) is 0 Å². The zero-order valence-corrected chi connectivity index (χ0v) is 26.5. The van der Waals surface area contributed by atoms with E-state index in [1.807, 2.05) is 0 Å². The van der Waals surface area contributed by atoms with Gasteiger partial charge in [-0.25, -0.2) is 0 Å². The molecule has 0 N–H and O–H groups in total. The van der Waals surface area contributed by atoms with Crippen molar-refractivity contribution >= 4 is 93.4 Å². The van der Waals surface area contributed by atoms with E-state index in [1.165, 1.54) is 83.4 Å². The first-order chi connectivity index (χ1) is 20.2. The molecule has 1 aliphatic carbocycles. The molecular weight excluding hydrogens is 651 g/mol.